The maximum absolute atomic E-state index is 12.3. The normalized spacial score (nSPS) is 10.9. The quantitative estimate of drug-likeness (QED) is 0.427. The number of benzene rings is 1. The topological polar surface area (TPSA) is 89.3 Å². The van der Waals surface area contributed by atoms with Gasteiger partial charge in [-0.25, -0.2) is 10.8 Å². The zero-order chi connectivity index (χ0) is 15.2. The first-order valence-corrected chi connectivity index (χ1v) is 6.88. The number of pyridine rings is 1. The highest BCUT2D eigenvalue weighted by atomic mass is 16.5. The standard InChI is InChI=1S/C15H20N4O2/c1-10(2)21-8-7-17-15(20)12-9-14(19-16)18-13-6-4-3-5-11(12)13/h3-6,9-10H,7-8,16H2,1-2H3,(H,17,20)(H,18,19). The SMILES string of the molecule is CC(C)OCCNC(=O)c1cc(NN)nc2ccccc12. The van der Waals surface area contributed by atoms with Crippen molar-refractivity contribution in [3.05, 3.63) is 35.9 Å². The van der Waals surface area contributed by atoms with Gasteiger partial charge in [0.15, 0.2) is 0 Å². The van der Waals surface area contributed by atoms with Crippen LogP contribution in [0.5, 0.6) is 0 Å². The highest BCUT2D eigenvalue weighted by molar-refractivity contribution is 6.06. The molecule has 21 heavy (non-hydrogen) atoms. The number of anilines is 1. The molecule has 2 aromatic rings. The second-order valence-electron chi connectivity index (χ2n) is 4.89. The van der Waals surface area contributed by atoms with E-state index in [4.69, 9.17) is 10.6 Å². The Labute approximate surface area is 123 Å². The van der Waals surface area contributed by atoms with Crippen molar-refractivity contribution in [2.75, 3.05) is 18.6 Å². The molecule has 1 heterocycles. The van der Waals surface area contributed by atoms with Gasteiger partial charge < -0.3 is 15.5 Å². The molecule has 0 aliphatic rings. The lowest BCUT2D eigenvalue weighted by Gasteiger charge is -2.11. The van der Waals surface area contributed by atoms with Crippen LogP contribution in [0.25, 0.3) is 10.9 Å². The van der Waals surface area contributed by atoms with Crippen LogP contribution in [0.1, 0.15) is 24.2 Å². The summed E-state index contributed by atoms with van der Waals surface area (Å²) in [5, 5.41) is 3.63. The first kappa shape index (κ1) is 15.2. The smallest absolute Gasteiger partial charge is 0.252 e. The van der Waals surface area contributed by atoms with Gasteiger partial charge in [-0.1, -0.05) is 18.2 Å². The molecular formula is C15H20N4O2. The van der Waals surface area contributed by atoms with Crippen LogP contribution in [0.4, 0.5) is 5.82 Å². The second kappa shape index (κ2) is 7.01. The van der Waals surface area contributed by atoms with Crippen LogP contribution in [0, 0.1) is 0 Å². The number of nitrogen functional groups attached to an aromatic ring is 1. The lowest BCUT2D eigenvalue weighted by atomic mass is 10.1. The fourth-order valence-corrected chi connectivity index (χ4v) is 1.99. The van der Waals surface area contributed by atoms with Crippen molar-refractivity contribution in [1.82, 2.24) is 10.3 Å². The Morgan fingerprint density at radius 3 is 2.86 bits per heavy atom. The van der Waals surface area contributed by atoms with Crippen LogP contribution in [0.3, 0.4) is 0 Å². The Hall–Kier alpha value is -2.18. The second-order valence-corrected chi connectivity index (χ2v) is 4.89. The molecule has 0 aliphatic carbocycles. The van der Waals surface area contributed by atoms with Crippen LogP contribution >= 0.6 is 0 Å². The summed E-state index contributed by atoms with van der Waals surface area (Å²) in [6.45, 7) is 4.85. The lowest BCUT2D eigenvalue weighted by Crippen LogP contribution is -2.28. The summed E-state index contributed by atoms with van der Waals surface area (Å²) in [5.41, 5.74) is 3.74. The van der Waals surface area contributed by atoms with Crippen molar-refractivity contribution < 1.29 is 9.53 Å². The summed E-state index contributed by atoms with van der Waals surface area (Å²) in [4.78, 5) is 16.6. The molecule has 112 valence electrons. The number of para-hydroxylation sites is 1. The molecule has 6 heteroatoms. The third-order valence-corrected chi connectivity index (χ3v) is 2.95. The molecule has 0 radical (unpaired) electrons. The maximum atomic E-state index is 12.3. The van der Waals surface area contributed by atoms with Crippen LogP contribution in [-0.2, 0) is 4.74 Å². The third kappa shape index (κ3) is 3.90. The monoisotopic (exact) mass is 288 g/mol. The van der Waals surface area contributed by atoms with Gasteiger partial charge >= 0.3 is 0 Å². The predicted octanol–water partition coefficient (Wildman–Crippen LogP) is 1.68. The Balaban J connectivity index is 2.17. The molecule has 0 bridgehead atoms. The largest absolute Gasteiger partial charge is 0.377 e. The molecule has 0 aliphatic heterocycles. The zero-order valence-electron chi connectivity index (χ0n) is 12.2. The summed E-state index contributed by atoms with van der Waals surface area (Å²) in [5.74, 6) is 5.69. The number of nitrogens with zero attached hydrogens (tertiary/aromatic N) is 1. The number of hydrazine groups is 1. The van der Waals surface area contributed by atoms with E-state index >= 15 is 0 Å². The number of hydrogen-bond acceptors (Lipinski definition) is 5. The molecule has 0 unspecified atom stereocenters. The van der Waals surface area contributed by atoms with Gasteiger partial charge in [0.05, 0.1) is 23.8 Å². The fourth-order valence-electron chi connectivity index (χ4n) is 1.99. The number of nitrogens with one attached hydrogen (secondary N) is 2. The maximum Gasteiger partial charge on any atom is 0.252 e. The van der Waals surface area contributed by atoms with Gasteiger partial charge in [-0.2, -0.15) is 0 Å². The third-order valence-electron chi connectivity index (χ3n) is 2.95. The van der Waals surface area contributed by atoms with Crippen molar-refractivity contribution >= 4 is 22.6 Å². The van der Waals surface area contributed by atoms with E-state index in [0.29, 0.717) is 24.5 Å². The van der Waals surface area contributed by atoms with E-state index in [1.807, 2.05) is 38.1 Å². The number of carbonyl (C=O) groups excluding carboxylic acids is 1. The Bertz CT molecular complexity index is 628. The Morgan fingerprint density at radius 1 is 1.38 bits per heavy atom. The van der Waals surface area contributed by atoms with Gasteiger partial charge in [0.1, 0.15) is 5.82 Å². The van der Waals surface area contributed by atoms with E-state index in [-0.39, 0.29) is 12.0 Å². The average molecular weight is 288 g/mol. The van der Waals surface area contributed by atoms with Crippen molar-refractivity contribution in [2.24, 2.45) is 5.84 Å². The molecule has 0 fully saturated rings. The van der Waals surface area contributed by atoms with E-state index < -0.39 is 0 Å². The van der Waals surface area contributed by atoms with Crippen LogP contribution in [0.15, 0.2) is 30.3 Å². The number of aromatic nitrogens is 1. The number of hydrogen-bond donors (Lipinski definition) is 3. The molecule has 0 saturated carbocycles. The van der Waals surface area contributed by atoms with Gasteiger partial charge in [-0.15, -0.1) is 0 Å². The van der Waals surface area contributed by atoms with E-state index in [2.05, 4.69) is 15.7 Å². The Kier molecular flexibility index (Phi) is 5.08. The van der Waals surface area contributed by atoms with E-state index in [1.54, 1.807) is 6.07 Å². The molecule has 1 aromatic heterocycles. The van der Waals surface area contributed by atoms with Gasteiger partial charge in [0.25, 0.3) is 5.91 Å². The van der Waals surface area contributed by atoms with Crippen LogP contribution < -0.4 is 16.6 Å². The molecule has 6 nitrogen and oxygen atoms in total. The molecule has 4 N–H and O–H groups in total. The van der Waals surface area contributed by atoms with E-state index in [0.717, 1.165) is 10.9 Å². The number of ether oxygens (including phenoxy) is 1. The summed E-state index contributed by atoms with van der Waals surface area (Å²) < 4.78 is 5.40. The van der Waals surface area contributed by atoms with Crippen molar-refractivity contribution in [2.45, 2.75) is 20.0 Å². The molecule has 1 amide bonds. The Morgan fingerprint density at radius 2 is 2.14 bits per heavy atom. The molecule has 0 spiro atoms. The molecular weight excluding hydrogens is 268 g/mol. The minimum absolute atomic E-state index is 0.150. The predicted molar refractivity (Wildman–Crippen MR) is 83.0 cm³/mol. The fraction of sp³-hybridized carbons (Fsp3) is 0.333. The first-order chi connectivity index (χ1) is 10.1. The zero-order valence-corrected chi connectivity index (χ0v) is 12.2. The van der Waals surface area contributed by atoms with Gasteiger partial charge in [0, 0.05) is 11.9 Å². The van der Waals surface area contributed by atoms with Gasteiger partial charge in [-0.3, -0.25) is 4.79 Å². The highest BCUT2D eigenvalue weighted by Gasteiger charge is 2.12. The minimum atomic E-state index is -0.169. The summed E-state index contributed by atoms with van der Waals surface area (Å²) >= 11 is 0. The summed E-state index contributed by atoms with van der Waals surface area (Å²) in [6.07, 6.45) is 0.150. The van der Waals surface area contributed by atoms with Crippen LogP contribution in [-0.4, -0.2) is 30.1 Å². The number of nitrogens with two attached hydrogens (primary N) is 1. The number of rotatable bonds is 6. The highest BCUT2D eigenvalue weighted by Crippen LogP contribution is 2.20. The van der Waals surface area contributed by atoms with Crippen molar-refractivity contribution in [3.8, 4) is 0 Å². The number of carbonyl (C=O) groups is 1. The van der Waals surface area contributed by atoms with Gasteiger partial charge in [0.2, 0.25) is 0 Å². The summed E-state index contributed by atoms with van der Waals surface area (Å²) in [7, 11) is 0. The van der Waals surface area contributed by atoms with Crippen LogP contribution in [0.2, 0.25) is 0 Å². The molecule has 2 rings (SSSR count). The van der Waals surface area contributed by atoms with E-state index in [1.165, 1.54) is 0 Å². The molecule has 0 atom stereocenters. The minimum Gasteiger partial charge on any atom is -0.377 e. The van der Waals surface area contributed by atoms with Crippen molar-refractivity contribution in [1.29, 1.82) is 0 Å². The van der Waals surface area contributed by atoms with E-state index in [9.17, 15) is 4.79 Å². The molecule has 0 saturated heterocycles. The summed E-state index contributed by atoms with van der Waals surface area (Å²) in [6, 6.07) is 9.09. The first-order valence-electron chi connectivity index (χ1n) is 6.88. The van der Waals surface area contributed by atoms with Crippen molar-refractivity contribution in [3.63, 3.8) is 0 Å². The van der Waals surface area contributed by atoms with Gasteiger partial charge in [-0.05, 0) is 26.0 Å². The number of fused-ring (bicyclic) bond motifs is 1. The lowest BCUT2D eigenvalue weighted by molar-refractivity contribution is 0.0747. The average Bonchev–Trinajstić information content (AvgIpc) is 2.50. The molecule has 1 aromatic carbocycles. The number of amides is 1.